The van der Waals surface area contributed by atoms with E-state index in [0.717, 1.165) is 19.1 Å². The lowest BCUT2D eigenvalue weighted by atomic mass is 10.1. The molecule has 1 aliphatic rings. The van der Waals surface area contributed by atoms with E-state index in [0.29, 0.717) is 24.3 Å². The monoisotopic (exact) mass is 215 g/mol. The van der Waals surface area contributed by atoms with Crippen molar-refractivity contribution in [3.05, 3.63) is 29.8 Å². The van der Waals surface area contributed by atoms with Gasteiger partial charge in [-0.2, -0.15) is 5.26 Å². The Morgan fingerprint density at radius 2 is 2.31 bits per heavy atom. The van der Waals surface area contributed by atoms with Crippen molar-refractivity contribution in [3.8, 4) is 11.8 Å². The Kier molecular flexibility index (Phi) is 2.91. The zero-order chi connectivity index (χ0) is 11.4. The smallest absolute Gasteiger partial charge is 0.150 e. The lowest BCUT2D eigenvalue weighted by Crippen LogP contribution is -2.12. The number of aldehydes is 1. The van der Waals surface area contributed by atoms with E-state index in [-0.39, 0.29) is 5.41 Å². The molecular weight excluding hydrogens is 202 g/mol. The molecule has 3 heteroatoms. The first-order valence-corrected chi connectivity index (χ1v) is 5.33. The minimum atomic E-state index is 0.0753. The molecule has 0 heterocycles. The van der Waals surface area contributed by atoms with Crippen molar-refractivity contribution in [2.75, 3.05) is 6.61 Å². The molecule has 0 N–H and O–H groups in total. The average molecular weight is 215 g/mol. The molecule has 0 bridgehead atoms. The second-order valence-electron chi connectivity index (χ2n) is 4.31. The Labute approximate surface area is 94.6 Å². The summed E-state index contributed by atoms with van der Waals surface area (Å²) in [5.74, 6) is 0.703. The summed E-state index contributed by atoms with van der Waals surface area (Å²) in [7, 11) is 0. The molecule has 1 aromatic carbocycles. The van der Waals surface area contributed by atoms with E-state index < -0.39 is 0 Å². The van der Waals surface area contributed by atoms with E-state index in [2.05, 4.69) is 6.07 Å². The lowest BCUT2D eigenvalue weighted by molar-refractivity contribution is 0.112. The van der Waals surface area contributed by atoms with Gasteiger partial charge in [-0.05, 0) is 25.0 Å². The molecule has 0 unspecified atom stereocenters. The van der Waals surface area contributed by atoms with Gasteiger partial charge in [0.2, 0.25) is 0 Å². The van der Waals surface area contributed by atoms with Crippen LogP contribution >= 0.6 is 0 Å². The van der Waals surface area contributed by atoms with E-state index in [9.17, 15) is 4.79 Å². The average Bonchev–Trinajstić information content (AvgIpc) is 3.08. The molecule has 1 aromatic rings. The third kappa shape index (κ3) is 2.40. The SMILES string of the molecule is N#CCC1(COc2cccc(C=O)c2)CC1. The van der Waals surface area contributed by atoms with E-state index >= 15 is 0 Å². The number of hydrogen-bond donors (Lipinski definition) is 0. The van der Waals surface area contributed by atoms with Crippen molar-refractivity contribution < 1.29 is 9.53 Å². The molecule has 0 saturated heterocycles. The van der Waals surface area contributed by atoms with Gasteiger partial charge >= 0.3 is 0 Å². The number of carbonyl (C=O) groups is 1. The molecular formula is C13H13NO2. The normalized spacial score (nSPS) is 16.2. The maximum absolute atomic E-state index is 10.6. The topological polar surface area (TPSA) is 50.1 Å². The van der Waals surface area contributed by atoms with Gasteiger partial charge in [0.1, 0.15) is 12.0 Å². The second kappa shape index (κ2) is 4.36. The lowest BCUT2D eigenvalue weighted by Gasteiger charge is -2.12. The van der Waals surface area contributed by atoms with E-state index in [1.807, 2.05) is 6.07 Å². The number of ether oxygens (including phenoxy) is 1. The summed E-state index contributed by atoms with van der Waals surface area (Å²) in [6.45, 7) is 0.572. The number of carbonyl (C=O) groups excluding carboxylic acids is 1. The van der Waals surface area contributed by atoms with Gasteiger partial charge in [0.25, 0.3) is 0 Å². The molecule has 0 amide bonds. The molecule has 1 aliphatic carbocycles. The molecule has 1 saturated carbocycles. The Bertz CT molecular complexity index is 430. The third-order valence-corrected chi connectivity index (χ3v) is 2.95. The van der Waals surface area contributed by atoms with Crippen LogP contribution in [-0.4, -0.2) is 12.9 Å². The van der Waals surface area contributed by atoms with Gasteiger partial charge in [-0.15, -0.1) is 0 Å². The van der Waals surface area contributed by atoms with Crippen molar-refractivity contribution in [1.29, 1.82) is 5.26 Å². The highest BCUT2D eigenvalue weighted by Crippen LogP contribution is 2.48. The standard InChI is InChI=1S/C13H13NO2/c14-7-6-13(4-5-13)10-16-12-3-1-2-11(8-12)9-15/h1-3,8-9H,4-6,10H2. The maximum atomic E-state index is 10.6. The van der Waals surface area contributed by atoms with Gasteiger partial charge in [0.15, 0.2) is 0 Å². The number of nitriles is 1. The molecule has 82 valence electrons. The van der Waals surface area contributed by atoms with Crippen molar-refractivity contribution in [3.63, 3.8) is 0 Å². The number of hydrogen-bond acceptors (Lipinski definition) is 3. The van der Waals surface area contributed by atoms with Crippen LogP contribution in [0.3, 0.4) is 0 Å². The summed E-state index contributed by atoms with van der Waals surface area (Å²) in [5.41, 5.74) is 0.689. The maximum Gasteiger partial charge on any atom is 0.150 e. The summed E-state index contributed by atoms with van der Waals surface area (Å²) < 4.78 is 5.62. The van der Waals surface area contributed by atoms with Gasteiger partial charge in [0.05, 0.1) is 12.7 Å². The zero-order valence-corrected chi connectivity index (χ0v) is 8.98. The second-order valence-corrected chi connectivity index (χ2v) is 4.31. The van der Waals surface area contributed by atoms with Crippen LogP contribution in [0.4, 0.5) is 0 Å². The minimum Gasteiger partial charge on any atom is -0.493 e. The zero-order valence-electron chi connectivity index (χ0n) is 8.98. The van der Waals surface area contributed by atoms with Crippen molar-refractivity contribution in [1.82, 2.24) is 0 Å². The molecule has 3 nitrogen and oxygen atoms in total. The number of benzene rings is 1. The van der Waals surface area contributed by atoms with Crippen molar-refractivity contribution in [2.45, 2.75) is 19.3 Å². The first-order chi connectivity index (χ1) is 7.78. The Balaban J connectivity index is 1.95. The minimum absolute atomic E-state index is 0.0753. The molecule has 0 spiro atoms. The number of rotatable bonds is 5. The molecule has 0 atom stereocenters. The third-order valence-electron chi connectivity index (χ3n) is 2.95. The number of nitrogens with zero attached hydrogens (tertiary/aromatic N) is 1. The van der Waals surface area contributed by atoms with E-state index in [1.54, 1.807) is 18.2 Å². The predicted octanol–water partition coefficient (Wildman–Crippen LogP) is 2.57. The largest absolute Gasteiger partial charge is 0.493 e. The van der Waals surface area contributed by atoms with Crippen LogP contribution in [0, 0.1) is 16.7 Å². The van der Waals surface area contributed by atoms with Gasteiger partial charge in [-0.25, -0.2) is 0 Å². The summed E-state index contributed by atoms with van der Waals surface area (Å²) in [5, 5.41) is 8.67. The highest BCUT2D eigenvalue weighted by Gasteiger charge is 2.43. The van der Waals surface area contributed by atoms with E-state index in [1.165, 1.54) is 0 Å². The highest BCUT2D eigenvalue weighted by molar-refractivity contribution is 5.75. The van der Waals surface area contributed by atoms with Crippen LogP contribution in [0.5, 0.6) is 5.75 Å². The fourth-order valence-corrected chi connectivity index (χ4v) is 1.63. The first-order valence-electron chi connectivity index (χ1n) is 5.33. The predicted molar refractivity (Wildman–Crippen MR) is 59.2 cm³/mol. The fraction of sp³-hybridized carbons (Fsp3) is 0.385. The molecule has 1 fully saturated rings. The van der Waals surface area contributed by atoms with Crippen LogP contribution in [0.15, 0.2) is 24.3 Å². The highest BCUT2D eigenvalue weighted by atomic mass is 16.5. The van der Waals surface area contributed by atoms with Crippen LogP contribution < -0.4 is 4.74 Å². The Hall–Kier alpha value is -1.82. The molecule has 0 radical (unpaired) electrons. The van der Waals surface area contributed by atoms with Gasteiger partial charge in [-0.1, -0.05) is 12.1 Å². The first kappa shape index (κ1) is 10.7. The summed E-state index contributed by atoms with van der Waals surface area (Å²) in [6, 6.07) is 9.27. The molecule has 0 aliphatic heterocycles. The van der Waals surface area contributed by atoms with Crippen molar-refractivity contribution >= 4 is 6.29 Å². The van der Waals surface area contributed by atoms with Gasteiger partial charge in [0, 0.05) is 17.4 Å². The van der Waals surface area contributed by atoms with E-state index in [4.69, 9.17) is 10.00 Å². The van der Waals surface area contributed by atoms with Crippen LogP contribution in [0.2, 0.25) is 0 Å². The van der Waals surface area contributed by atoms with Crippen molar-refractivity contribution in [2.24, 2.45) is 5.41 Å². The Morgan fingerprint density at radius 1 is 1.50 bits per heavy atom. The van der Waals surface area contributed by atoms with Gasteiger partial charge < -0.3 is 4.74 Å². The van der Waals surface area contributed by atoms with Gasteiger partial charge in [-0.3, -0.25) is 4.79 Å². The molecule has 0 aromatic heterocycles. The molecule has 16 heavy (non-hydrogen) atoms. The quantitative estimate of drug-likeness (QED) is 0.709. The summed E-state index contributed by atoms with van der Waals surface area (Å²) in [6.07, 6.45) is 3.48. The summed E-state index contributed by atoms with van der Waals surface area (Å²) in [4.78, 5) is 10.6. The Morgan fingerprint density at radius 3 is 2.94 bits per heavy atom. The van der Waals surface area contributed by atoms with Crippen LogP contribution in [-0.2, 0) is 0 Å². The van der Waals surface area contributed by atoms with Crippen LogP contribution in [0.25, 0.3) is 0 Å². The fourth-order valence-electron chi connectivity index (χ4n) is 1.63. The molecule has 2 rings (SSSR count). The summed E-state index contributed by atoms with van der Waals surface area (Å²) >= 11 is 0. The van der Waals surface area contributed by atoms with Crippen LogP contribution in [0.1, 0.15) is 29.6 Å².